The maximum absolute atomic E-state index is 5.94. The molecule has 0 saturated heterocycles. The Morgan fingerprint density at radius 3 is 2.94 bits per heavy atom. The summed E-state index contributed by atoms with van der Waals surface area (Å²) in [6.07, 6.45) is 4.77. The number of anilines is 1. The highest BCUT2D eigenvalue weighted by Crippen LogP contribution is 2.26. The van der Waals surface area contributed by atoms with Gasteiger partial charge in [-0.05, 0) is 24.6 Å². The van der Waals surface area contributed by atoms with E-state index in [9.17, 15) is 0 Å². The Bertz CT molecular complexity index is 505. The van der Waals surface area contributed by atoms with Crippen LogP contribution in [0.4, 0.5) is 5.69 Å². The average molecular weight is 247 g/mol. The van der Waals surface area contributed by atoms with Gasteiger partial charge in [0.05, 0.1) is 0 Å². The van der Waals surface area contributed by atoms with E-state index in [0.29, 0.717) is 0 Å². The van der Waals surface area contributed by atoms with Gasteiger partial charge in [0.25, 0.3) is 0 Å². The van der Waals surface area contributed by atoms with E-state index < -0.39 is 0 Å². The van der Waals surface area contributed by atoms with Crippen molar-refractivity contribution in [1.29, 1.82) is 0 Å². The summed E-state index contributed by atoms with van der Waals surface area (Å²) in [7, 11) is 2.02. The highest BCUT2D eigenvalue weighted by molar-refractivity contribution is 7.99. The van der Waals surface area contributed by atoms with E-state index in [0.717, 1.165) is 23.7 Å². The normalized spacial score (nSPS) is 10.7. The van der Waals surface area contributed by atoms with E-state index in [2.05, 4.69) is 22.5 Å². The van der Waals surface area contributed by atoms with Gasteiger partial charge in [-0.3, -0.25) is 0 Å². The molecule has 0 aliphatic rings. The van der Waals surface area contributed by atoms with Crippen LogP contribution < -0.4 is 5.73 Å². The number of rotatable bonds is 4. The van der Waals surface area contributed by atoms with Crippen molar-refractivity contribution in [3.8, 4) is 0 Å². The molecule has 0 amide bonds. The molecule has 1 aromatic heterocycles. The number of nitrogen functional groups attached to an aromatic ring is 1. The second kappa shape index (κ2) is 5.27. The van der Waals surface area contributed by atoms with Crippen LogP contribution in [0.2, 0.25) is 0 Å². The van der Waals surface area contributed by atoms with Crippen LogP contribution in [0.3, 0.4) is 0 Å². The summed E-state index contributed by atoms with van der Waals surface area (Å²) in [5.74, 6) is 2.11. The topological polar surface area (TPSA) is 43.8 Å². The van der Waals surface area contributed by atoms with Crippen molar-refractivity contribution in [2.24, 2.45) is 7.05 Å². The van der Waals surface area contributed by atoms with Crippen molar-refractivity contribution in [3.63, 3.8) is 0 Å². The summed E-state index contributed by atoms with van der Waals surface area (Å²) in [4.78, 5) is 5.47. The molecule has 0 spiro atoms. The molecule has 2 N–H and O–H groups in total. The van der Waals surface area contributed by atoms with E-state index in [1.165, 1.54) is 10.5 Å². The molecule has 0 saturated carbocycles. The predicted molar refractivity (Wildman–Crippen MR) is 73.2 cm³/mol. The molecule has 17 heavy (non-hydrogen) atoms. The lowest BCUT2D eigenvalue weighted by atomic mass is 10.2. The van der Waals surface area contributed by atoms with Crippen molar-refractivity contribution >= 4 is 17.4 Å². The van der Waals surface area contributed by atoms with Crippen LogP contribution in [0, 0.1) is 6.92 Å². The first-order chi connectivity index (χ1) is 8.16. The first-order valence-electron chi connectivity index (χ1n) is 5.62. The third-order valence-electron chi connectivity index (χ3n) is 2.67. The van der Waals surface area contributed by atoms with Crippen molar-refractivity contribution < 1.29 is 0 Å². The van der Waals surface area contributed by atoms with E-state index in [1.807, 2.05) is 31.6 Å². The molecule has 0 aliphatic heterocycles. The molecule has 0 atom stereocenters. The van der Waals surface area contributed by atoms with Crippen LogP contribution >= 0.6 is 11.8 Å². The molecular formula is C13H17N3S. The Kier molecular flexibility index (Phi) is 3.74. The van der Waals surface area contributed by atoms with Crippen molar-refractivity contribution in [1.82, 2.24) is 9.55 Å². The number of aryl methyl sites for hydroxylation is 3. The first-order valence-corrected chi connectivity index (χ1v) is 6.60. The van der Waals surface area contributed by atoms with Gasteiger partial charge < -0.3 is 10.3 Å². The molecular weight excluding hydrogens is 230 g/mol. The molecule has 0 fully saturated rings. The minimum Gasteiger partial charge on any atom is -0.398 e. The maximum Gasteiger partial charge on any atom is 0.109 e. The highest BCUT2D eigenvalue weighted by atomic mass is 32.2. The summed E-state index contributed by atoms with van der Waals surface area (Å²) >= 11 is 1.79. The van der Waals surface area contributed by atoms with E-state index in [1.54, 1.807) is 11.8 Å². The summed E-state index contributed by atoms with van der Waals surface area (Å²) in [6.45, 7) is 2.09. The molecule has 0 unspecified atom stereocenters. The first kappa shape index (κ1) is 12.0. The molecule has 3 nitrogen and oxygen atoms in total. The number of thioether (sulfide) groups is 1. The lowest BCUT2D eigenvalue weighted by Crippen LogP contribution is -1.99. The summed E-state index contributed by atoms with van der Waals surface area (Å²) in [5.41, 5.74) is 8.05. The van der Waals surface area contributed by atoms with Gasteiger partial charge >= 0.3 is 0 Å². The number of nitrogens with two attached hydrogens (primary N) is 1. The number of hydrogen-bond donors (Lipinski definition) is 1. The summed E-state index contributed by atoms with van der Waals surface area (Å²) in [6, 6.07) is 6.15. The van der Waals surface area contributed by atoms with E-state index in [-0.39, 0.29) is 0 Å². The van der Waals surface area contributed by atoms with Gasteiger partial charge in [0.2, 0.25) is 0 Å². The number of nitrogens with zero attached hydrogens (tertiary/aromatic N) is 2. The Labute approximate surface area is 106 Å². The Morgan fingerprint density at radius 2 is 2.24 bits per heavy atom. The second-order valence-electron chi connectivity index (χ2n) is 4.09. The van der Waals surface area contributed by atoms with Crippen molar-refractivity contribution in [2.75, 3.05) is 11.5 Å². The van der Waals surface area contributed by atoms with Gasteiger partial charge in [-0.25, -0.2) is 4.98 Å². The Balaban J connectivity index is 1.94. The fraction of sp³-hybridized carbons (Fsp3) is 0.308. The smallest absolute Gasteiger partial charge is 0.109 e. The maximum atomic E-state index is 5.94. The minimum atomic E-state index is 0.862. The van der Waals surface area contributed by atoms with Gasteiger partial charge in [0.15, 0.2) is 0 Å². The van der Waals surface area contributed by atoms with Gasteiger partial charge in [0.1, 0.15) is 5.82 Å². The van der Waals surface area contributed by atoms with Crippen LogP contribution in [-0.2, 0) is 13.5 Å². The van der Waals surface area contributed by atoms with Crippen LogP contribution in [-0.4, -0.2) is 15.3 Å². The molecule has 1 heterocycles. The van der Waals surface area contributed by atoms with Crippen molar-refractivity contribution in [3.05, 3.63) is 42.0 Å². The molecule has 90 valence electrons. The molecule has 0 aliphatic carbocycles. The zero-order valence-electron chi connectivity index (χ0n) is 10.2. The standard InChI is InChI=1S/C13H17N3S/c1-10-3-4-11(14)12(9-10)17-8-5-13-15-6-7-16(13)2/h3-4,6-7,9H,5,8,14H2,1-2H3. The zero-order chi connectivity index (χ0) is 12.3. The molecule has 2 aromatic rings. The molecule has 2 rings (SSSR count). The molecule has 4 heteroatoms. The van der Waals surface area contributed by atoms with Crippen LogP contribution in [0.5, 0.6) is 0 Å². The Morgan fingerprint density at radius 1 is 1.41 bits per heavy atom. The quantitative estimate of drug-likeness (QED) is 0.667. The second-order valence-corrected chi connectivity index (χ2v) is 5.23. The number of hydrogen-bond acceptors (Lipinski definition) is 3. The highest BCUT2D eigenvalue weighted by Gasteiger charge is 2.03. The van der Waals surface area contributed by atoms with Gasteiger partial charge in [-0.2, -0.15) is 0 Å². The van der Waals surface area contributed by atoms with Crippen LogP contribution in [0.15, 0.2) is 35.5 Å². The van der Waals surface area contributed by atoms with Gasteiger partial charge in [0, 0.05) is 42.2 Å². The van der Waals surface area contributed by atoms with Gasteiger partial charge in [-0.1, -0.05) is 6.07 Å². The third kappa shape index (κ3) is 3.03. The molecule has 0 radical (unpaired) electrons. The van der Waals surface area contributed by atoms with Crippen molar-refractivity contribution in [2.45, 2.75) is 18.2 Å². The van der Waals surface area contributed by atoms with E-state index in [4.69, 9.17) is 5.73 Å². The SMILES string of the molecule is Cc1ccc(N)c(SCCc2nccn2C)c1. The number of aromatic nitrogens is 2. The largest absolute Gasteiger partial charge is 0.398 e. The number of benzene rings is 1. The lowest BCUT2D eigenvalue weighted by molar-refractivity contribution is 0.811. The average Bonchev–Trinajstić information content (AvgIpc) is 2.70. The van der Waals surface area contributed by atoms with E-state index >= 15 is 0 Å². The summed E-state index contributed by atoms with van der Waals surface area (Å²) in [5, 5.41) is 0. The predicted octanol–water partition coefficient (Wildman–Crippen LogP) is 2.65. The monoisotopic (exact) mass is 247 g/mol. The number of imidazole rings is 1. The lowest BCUT2D eigenvalue weighted by Gasteiger charge is -2.06. The fourth-order valence-electron chi connectivity index (χ4n) is 1.66. The molecule has 1 aromatic carbocycles. The van der Waals surface area contributed by atoms with Gasteiger partial charge in [-0.15, -0.1) is 11.8 Å². The summed E-state index contributed by atoms with van der Waals surface area (Å²) < 4.78 is 2.06. The van der Waals surface area contributed by atoms with Crippen LogP contribution in [0.1, 0.15) is 11.4 Å². The molecule has 0 bridgehead atoms. The zero-order valence-corrected chi connectivity index (χ0v) is 11.0. The van der Waals surface area contributed by atoms with Crippen LogP contribution in [0.25, 0.3) is 0 Å². The Hall–Kier alpha value is -1.42. The minimum absolute atomic E-state index is 0.862. The third-order valence-corrected chi connectivity index (χ3v) is 3.75. The fourth-order valence-corrected chi connectivity index (χ4v) is 2.66.